The Morgan fingerprint density at radius 2 is 1.77 bits per heavy atom. The third-order valence-electron chi connectivity index (χ3n) is 3.59. The molecule has 0 fully saturated rings. The van der Waals surface area contributed by atoms with E-state index in [4.69, 9.17) is 5.41 Å². The van der Waals surface area contributed by atoms with E-state index >= 15 is 0 Å². The van der Waals surface area contributed by atoms with Gasteiger partial charge in [-0.3, -0.25) is 0 Å². The monoisotopic (exact) mass is 371 g/mol. The third-order valence-corrected chi connectivity index (χ3v) is 4.59. The molecule has 3 heteroatoms. The van der Waals surface area contributed by atoms with Crippen LogP contribution in [0.4, 0.5) is 0 Å². The van der Waals surface area contributed by atoms with Gasteiger partial charge in [0.05, 0.1) is 0 Å². The van der Waals surface area contributed by atoms with Gasteiger partial charge in [-0.15, -0.1) is 18.4 Å². The quantitative estimate of drug-likeness (QED) is 0.354. The fraction of sp³-hybridized carbons (Fsp3) is 0.158. The van der Waals surface area contributed by atoms with E-state index in [1.165, 1.54) is 5.56 Å². The van der Waals surface area contributed by atoms with Crippen LogP contribution in [-0.4, -0.2) is 5.71 Å². The van der Waals surface area contributed by atoms with Gasteiger partial charge in [-0.25, -0.2) is 0 Å². The summed E-state index contributed by atoms with van der Waals surface area (Å²) in [5.74, 6) is 0.123. The molecule has 0 aliphatic heterocycles. The minimum absolute atomic E-state index is 0.123. The average molecular weight is 372 g/mol. The Labute approximate surface area is 145 Å². The highest BCUT2D eigenvalue weighted by molar-refractivity contribution is 9.10. The summed E-state index contributed by atoms with van der Waals surface area (Å²) < 4.78 is 1.05. The second-order valence-corrected chi connectivity index (χ2v) is 6.45. The summed E-state index contributed by atoms with van der Waals surface area (Å²) in [6.45, 7) is 3.71. The van der Waals surface area contributed by atoms with Gasteiger partial charge in [0.1, 0.15) is 0 Å². The molecule has 22 heavy (non-hydrogen) atoms. The van der Waals surface area contributed by atoms with Crippen molar-refractivity contribution in [2.24, 2.45) is 0 Å². The van der Waals surface area contributed by atoms with Crippen LogP contribution in [0.15, 0.2) is 76.3 Å². The molecule has 0 aliphatic rings. The molecule has 0 unspecified atom stereocenters. The average Bonchev–Trinajstić information content (AvgIpc) is 2.56. The lowest BCUT2D eigenvalue weighted by molar-refractivity contribution is 0.757. The van der Waals surface area contributed by atoms with Gasteiger partial charge in [-0.2, -0.15) is 0 Å². The van der Waals surface area contributed by atoms with Crippen LogP contribution in [-0.2, 0) is 0 Å². The molecule has 0 amide bonds. The van der Waals surface area contributed by atoms with Crippen LogP contribution in [0.1, 0.15) is 29.9 Å². The Hall–Kier alpha value is -1.54. The van der Waals surface area contributed by atoms with E-state index in [1.54, 1.807) is 0 Å². The second-order valence-electron chi connectivity index (χ2n) is 5.05. The summed E-state index contributed by atoms with van der Waals surface area (Å²) in [6, 6.07) is 18.0. The number of hydrogen-bond donors (Lipinski definition) is 2. The van der Waals surface area contributed by atoms with Gasteiger partial charge in [0.15, 0.2) is 0 Å². The minimum Gasteiger partial charge on any atom is -0.305 e. The van der Waals surface area contributed by atoms with E-state index in [-0.39, 0.29) is 5.92 Å². The number of thiol groups is 1. The van der Waals surface area contributed by atoms with Crippen LogP contribution in [0.25, 0.3) is 0 Å². The number of nitrogens with one attached hydrogen (secondary N) is 1. The normalized spacial score (nSPS) is 11.5. The predicted octanol–water partition coefficient (Wildman–Crippen LogP) is 5.98. The fourth-order valence-corrected chi connectivity index (χ4v) is 2.89. The second kappa shape index (κ2) is 8.19. The van der Waals surface area contributed by atoms with Gasteiger partial charge >= 0.3 is 0 Å². The molecule has 1 nitrogen and oxygen atoms in total. The molecular weight excluding hydrogens is 354 g/mol. The van der Waals surface area contributed by atoms with Gasteiger partial charge in [-0.1, -0.05) is 65.0 Å². The minimum atomic E-state index is 0.123. The first-order chi connectivity index (χ1) is 10.6. The van der Waals surface area contributed by atoms with Crippen molar-refractivity contribution in [3.8, 4) is 0 Å². The molecule has 2 aromatic rings. The highest BCUT2D eigenvalue weighted by Crippen LogP contribution is 2.32. The van der Waals surface area contributed by atoms with Crippen LogP contribution < -0.4 is 0 Å². The highest BCUT2D eigenvalue weighted by Gasteiger charge is 2.15. The Kier molecular flexibility index (Phi) is 6.26. The number of rotatable bonds is 6. The van der Waals surface area contributed by atoms with Crippen molar-refractivity contribution in [2.45, 2.75) is 18.8 Å². The zero-order valence-electron chi connectivity index (χ0n) is 12.2. The Morgan fingerprint density at radius 3 is 2.36 bits per heavy atom. The van der Waals surface area contributed by atoms with Crippen molar-refractivity contribution in [3.63, 3.8) is 0 Å². The molecule has 0 aliphatic carbocycles. The van der Waals surface area contributed by atoms with Gasteiger partial charge in [0.2, 0.25) is 0 Å². The lowest BCUT2D eigenvalue weighted by atomic mass is 9.91. The van der Waals surface area contributed by atoms with E-state index in [0.29, 0.717) is 12.1 Å². The van der Waals surface area contributed by atoms with E-state index in [9.17, 15) is 0 Å². The number of allylic oxidation sites excluding steroid dienone is 1. The van der Waals surface area contributed by atoms with Crippen LogP contribution in [0.5, 0.6) is 0 Å². The maximum Gasteiger partial charge on any atom is 0.0386 e. The maximum atomic E-state index is 8.24. The van der Waals surface area contributed by atoms with E-state index < -0.39 is 0 Å². The molecule has 0 saturated heterocycles. The van der Waals surface area contributed by atoms with Crippen molar-refractivity contribution in [1.29, 1.82) is 5.41 Å². The molecule has 0 heterocycles. The van der Waals surface area contributed by atoms with Gasteiger partial charge < -0.3 is 5.41 Å². The zero-order valence-corrected chi connectivity index (χ0v) is 14.7. The van der Waals surface area contributed by atoms with Gasteiger partial charge in [0, 0.05) is 21.0 Å². The molecule has 0 bridgehead atoms. The van der Waals surface area contributed by atoms with Crippen molar-refractivity contribution in [1.82, 2.24) is 0 Å². The Balaban J connectivity index is 2.13. The summed E-state index contributed by atoms with van der Waals surface area (Å²) in [4.78, 5) is 0.822. The first-order valence-electron chi connectivity index (χ1n) is 7.09. The third kappa shape index (κ3) is 4.48. The van der Waals surface area contributed by atoms with Crippen LogP contribution >= 0.6 is 28.6 Å². The summed E-state index contributed by atoms with van der Waals surface area (Å²) in [5, 5.41) is 8.24. The van der Waals surface area contributed by atoms with Crippen LogP contribution in [0.2, 0.25) is 0 Å². The first kappa shape index (κ1) is 16.8. The van der Waals surface area contributed by atoms with Gasteiger partial charge in [0.25, 0.3) is 0 Å². The zero-order chi connectivity index (χ0) is 15.9. The molecule has 112 valence electrons. The largest absolute Gasteiger partial charge is 0.305 e. The number of benzene rings is 2. The Morgan fingerprint density at radius 1 is 1.14 bits per heavy atom. The molecule has 0 radical (unpaired) electrons. The number of halogens is 1. The molecule has 0 aromatic heterocycles. The van der Waals surface area contributed by atoms with Gasteiger partial charge in [-0.05, 0) is 36.1 Å². The molecule has 0 saturated carbocycles. The fourth-order valence-electron chi connectivity index (χ4n) is 2.35. The summed E-state index contributed by atoms with van der Waals surface area (Å²) in [7, 11) is 0. The number of hydrogen-bond acceptors (Lipinski definition) is 2. The van der Waals surface area contributed by atoms with Crippen molar-refractivity contribution in [3.05, 3.63) is 87.4 Å². The standard InChI is InChI=1S/C19H18BrNS/c1-2-19(22)17(14-8-10-16(20)11-9-14)12-13-18(21)15-6-4-3-5-7-15/h3-11,17,21-22H,1,12-13H2/t17-/m0/s1. The molecule has 2 rings (SSSR count). The van der Waals surface area contributed by atoms with E-state index in [1.807, 2.05) is 42.5 Å². The maximum absolute atomic E-state index is 8.24. The summed E-state index contributed by atoms with van der Waals surface area (Å²) in [5.41, 5.74) is 5.68. The molecule has 1 atom stereocenters. The summed E-state index contributed by atoms with van der Waals surface area (Å²) >= 11 is 7.97. The first-order valence-corrected chi connectivity index (χ1v) is 8.33. The van der Waals surface area contributed by atoms with Crippen LogP contribution in [0, 0.1) is 5.41 Å². The molecular formula is C19H18BrNS. The SMILES string of the molecule is C=C=C(S)[C@@H](CCC(=N)c1ccccc1)c1ccc(Br)cc1. The van der Waals surface area contributed by atoms with Crippen LogP contribution in [0.3, 0.4) is 0 Å². The molecule has 2 aromatic carbocycles. The lowest BCUT2D eigenvalue weighted by Crippen LogP contribution is -2.05. The van der Waals surface area contributed by atoms with E-state index in [2.05, 4.69) is 53.0 Å². The molecule has 1 N–H and O–H groups in total. The van der Waals surface area contributed by atoms with Crippen molar-refractivity contribution in [2.75, 3.05) is 0 Å². The lowest BCUT2D eigenvalue weighted by Gasteiger charge is -2.17. The van der Waals surface area contributed by atoms with Crippen molar-refractivity contribution < 1.29 is 0 Å². The predicted molar refractivity (Wildman–Crippen MR) is 101 cm³/mol. The van der Waals surface area contributed by atoms with E-state index in [0.717, 1.165) is 21.4 Å². The summed E-state index contributed by atoms with van der Waals surface area (Å²) in [6.07, 6.45) is 1.51. The Bertz CT molecular complexity index is 685. The van der Waals surface area contributed by atoms with Crippen molar-refractivity contribution >= 4 is 34.3 Å². The smallest absolute Gasteiger partial charge is 0.0386 e. The molecule has 0 spiro atoms. The topological polar surface area (TPSA) is 23.9 Å². The highest BCUT2D eigenvalue weighted by atomic mass is 79.9.